The molecule has 2 nitrogen and oxygen atoms in total. The fourth-order valence-electron chi connectivity index (χ4n) is 1.45. The molecule has 0 spiro atoms. The first-order chi connectivity index (χ1) is 7.61. The van der Waals surface area contributed by atoms with Gasteiger partial charge >= 0.3 is 0 Å². The van der Waals surface area contributed by atoms with Crippen LogP contribution in [0, 0.1) is 18.6 Å². The summed E-state index contributed by atoms with van der Waals surface area (Å²) >= 11 is 1.27. The van der Waals surface area contributed by atoms with Gasteiger partial charge in [0.1, 0.15) is 16.6 Å². The lowest BCUT2D eigenvalue weighted by molar-refractivity contribution is 0.281. The highest BCUT2D eigenvalue weighted by atomic mass is 32.1. The number of aromatic nitrogens is 1. The Morgan fingerprint density at radius 3 is 2.75 bits per heavy atom. The van der Waals surface area contributed by atoms with E-state index in [4.69, 9.17) is 5.11 Å². The summed E-state index contributed by atoms with van der Waals surface area (Å²) in [6.07, 6.45) is 0. The molecule has 0 saturated carbocycles. The van der Waals surface area contributed by atoms with E-state index >= 15 is 0 Å². The van der Waals surface area contributed by atoms with Crippen LogP contribution in [0.25, 0.3) is 11.3 Å². The number of halogens is 2. The molecule has 1 heterocycles. The van der Waals surface area contributed by atoms with Gasteiger partial charge in [-0.2, -0.15) is 0 Å². The van der Waals surface area contributed by atoms with Crippen molar-refractivity contribution in [1.29, 1.82) is 0 Å². The van der Waals surface area contributed by atoms with Gasteiger partial charge in [0.2, 0.25) is 0 Å². The van der Waals surface area contributed by atoms with Gasteiger partial charge in [0.25, 0.3) is 0 Å². The number of aryl methyl sites for hydroxylation is 1. The molecule has 0 aliphatic heterocycles. The summed E-state index contributed by atoms with van der Waals surface area (Å²) in [5, 5.41) is 9.42. The third-order valence-corrected chi connectivity index (χ3v) is 3.12. The molecule has 0 aliphatic carbocycles. The van der Waals surface area contributed by atoms with Crippen molar-refractivity contribution in [3.63, 3.8) is 0 Å². The van der Waals surface area contributed by atoms with Crippen LogP contribution in [0.2, 0.25) is 0 Å². The van der Waals surface area contributed by atoms with Crippen molar-refractivity contribution in [1.82, 2.24) is 4.98 Å². The molecule has 2 aromatic rings. The van der Waals surface area contributed by atoms with Gasteiger partial charge in [-0.05, 0) is 25.1 Å². The standard InChI is InChI=1S/C11H9F2NOS/c1-6-11(14-10(5-15)16-6)8-4-7(12)2-3-9(8)13/h2-4,15H,5H2,1H3. The van der Waals surface area contributed by atoms with Crippen LogP contribution >= 0.6 is 11.3 Å². The maximum absolute atomic E-state index is 13.5. The Bertz CT molecular complexity index is 525. The number of benzene rings is 1. The number of rotatable bonds is 2. The smallest absolute Gasteiger partial charge is 0.132 e. The zero-order chi connectivity index (χ0) is 11.7. The quantitative estimate of drug-likeness (QED) is 0.877. The molecule has 1 aromatic carbocycles. The topological polar surface area (TPSA) is 33.1 Å². The van der Waals surface area contributed by atoms with Gasteiger partial charge in [-0.3, -0.25) is 0 Å². The lowest BCUT2D eigenvalue weighted by Crippen LogP contribution is -1.89. The Morgan fingerprint density at radius 2 is 2.12 bits per heavy atom. The van der Waals surface area contributed by atoms with Crippen LogP contribution in [0.3, 0.4) is 0 Å². The van der Waals surface area contributed by atoms with Crippen LogP contribution < -0.4 is 0 Å². The maximum Gasteiger partial charge on any atom is 0.132 e. The predicted octanol–water partition coefficient (Wildman–Crippen LogP) is 2.89. The molecule has 16 heavy (non-hydrogen) atoms. The van der Waals surface area contributed by atoms with Crippen molar-refractivity contribution in [3.05, 3.63) is 39.7 Å². The SMILES string of the molecule is Cc1sc(CO)nc1-c1cc(F)ccc1F. The second-order valence-corrected chi connectivity index (χ2v) is 4.58. The van der Waals surface area contributed by atoms with Gasteiger partial charge in [-0.25, -0.2) is 13.8 Å². The van der Waals surface area contributed by atoms with E-state index in [1.54, 1.807) is 6.92 Å². The predicted molar refractivity (Wildman–Crippen MR) is 58.1 cm³/mol. The van der Waals surface area contributed by atoms with E-state index in [9.17, 15) is 8.78 Å². The maximum atomic E-state index is 13.5. The number of aliphatic hydroxyl groups is 1. The molecule has 0 aliphatic rings. The molecule has 0 bridgehead atoms. The highest BCUT2D eigenvalue weighted by molar-refractivity contribution is 7.12. The second kappa shape index (κ2) is 4.27. The fourth-order valence-corrected chi connectivity index (χ4v) is 2.25. The molecule has 0 fully saturated rings. The number of hydrogen-bond donors (Lipinski definition) is 1. The van der Waals surface area contributed by atoms with Gasteiger partial charge < -0.3 is 5.11 Å². The van der Waals surface area contributed by atoms with Gasteiger partial charge in [0.05, 0.1) is 12.3 Å². The van der Waals surface area contributed by atoms with Crippen molar-refractivity contribution in [2.75, 3.05) is 0 Å². The first-order valence-electron chi connectivity index (χ1n) is 4.64. The number of hydrogen-bond acceptors (Lipinski definition) is 3. The van der Waals surface area contributed by atoms with Crippen molar-refractivity contribution < 1.29 is 13.9 Å². The van der Waals surface area contributed by atoms with Crippen molar-refractivity contribution >= 4 is 11.3 Å². The van der Waals surface area contributed by atoms with Gasteiger partial charge in [-0.1, -0.05) is 0 Å². The van der Waals surface area contributed by atoms with E-state index in [1.165, 1.54) is 11.3 Å². The number of nitrogens with zero attached hydrogens (tertiary/aromatic N) is 1. The lowest BCUT2D eigenvalue weighted by atomic mass is 10.1. The van der Waals surface area contributed by atoms with E-state index in [0.29, 0.717) is 10.7 Å². The Labute approximate surface area is 95.2 Å². The molecule has 0 atom stereocenters. The van der Waals surface area contributed by atoms with E-state index in [2.05, 4.69) is 4.98 Å². The van der Waals surface area contributed by atoms with E-state index < -0.39 is 11.6 Å². The third-order valence-electron chi connectivity index (χ3n) is 2.16. The molecule has 0 radical (unpaired) electrons. The molecular formula is C11H9F2NOS. The Kier molecular flexibility index (Phi) is 2.98. The molecule has 1 N–H and O–H groups in total. The fraction of sp³-hybridized carbons (Fsp3) is 0.182. The molecule has 5 heteroatoms. The zero-order valence-corrected chi connectivity index (χ0v) is 9.31. The van der Waals surface area contributed by atoms with Gasteiger partial charge in [0.15, 0.2) is 0 Å². The highest BCUT2D eigenvalue weighted by Gasteiger charge is 2.13. The molecular weight excluding hydrogens is 232 g/mol. The first kappa shape index (κ1) is 11.2. The molecule has 2 rings (SSSR count). The highest BCUT2D eigenvalue weighted by Crippen LogP contribution is 2.29. The third kappa shape index (κ3) is 1.96. The Morgan fingerprint density at radius 1 is 1.38 bits per heavy atom. The minimum absolute atomic E-state index is 0.133. The largest absolute Gasteiger partial charge is 0.389 e. The summed E-state index contributed by atoms with van der Waals surface area (Å²) in [4.78, 5) is 4.82. The van der Waals surface area contributed by atoms with Crippen molar-refractivity contribution in [2.24, 2.45) is 0 Å². The summed E-state index contributed by atoms with van der Waals surface area (Å²) in [7, 11) is 0. The van der Waals surface area contributed by atoms with E-state index in [0.717, 1.165) is 23.1 Å². The summed E-state index contributed by atoms with van der Waals surface area (Å²) in [6, 6.07) is 3.24. The van der Waals surface area contributed by atoms with Crippen molar-refractivity contribution in [2.45, 2.75) is 13.5 Å². The molecule has 0 saturated heterocycles. The number of aliphatic hydroxyl groups excluding tert-OH is 1. The normalized spacial score (nSPS) is 10.8. The monoisotopic (exact) mass is 241 g/mol. The average molecular weight is 241 g/mol. The summed E-state index contributed by atoms with van der Waals surface area (Å²) in [6.45, 7) is 1.57. The van der Waals surface area contributed by atoms with Crippen LogP contribution in [0.15, 0.2) is 18.2 Å². The summed E-state index contributed by atoms with van der Waals surface area (Å²) in [5.74, 6) is -1.02. The number of thiazole rings is 1. The molecule has 0 amide bonds. The molecule has 1 aromatic heterocycles. The van der Waals surface area contributed by atoms with Gasteiger partial charge in [-0.15, -0.1) is 11.3 Å². The Balaban J connectivity index is 2.57. The molecule has 0 unspecified atom stereocenters. The second-order valence-electron chi connectivity index (χ2n) is 3.29. The minimum atomic E-state index is -0.515. The Hall–Kier alpha value is -1.33. The first-order valence-corrected chi connectivity index (χ1v) is 5.46. The van der Waals surface area contributed by atoms with Crippen LogP contribution in [-0.4, -0.2) is 10.1 Å². The van der Waals surface area contributed by atoms with Gasteiger partial charge in [0, 0.05) is 10.4 Å². The summed E-state index contributed by atoms with van der Waals surface area (Å²) in [5.41, 5.74) is 0.527. The van der Waals surface area contributed by atoms with Crippen LogP contribution in [0.5, 0.6) is 0 Å². The van der Waals surface area contributed by atoms with Crippen LogP contribution in [0.4, 0.5) is 8.78 Å². The van der Waals surface area contributed by atoms with Crippen LogP contribution in [-0.2, 0) is 6.61 Å². The van der Waals surface area contributed by atoms with Crippen molar-refractivity contribution in [3.8, 4) is 11.3 Å². The molecule has 84 valence electrons. The van der Waals surface area contributed by atoms with E-state index in [1.807, 2.05) is 0 Å². The minimum Gasteiger partial charge on any atom is -0.389 e. The summed E-state index contributed by atoms with van der Waals surface area (Å²) < 4.78 is 26.5. The zero-order valence-electron chi connectivity index (χ0n) is 8.50. The van der Waals surface area contributed by atoms with Crippen LogP contribution in [0.1, 0.15) is 9.88 Å². The average Bonchev–Trinajstić information content (AvgIpc) is 2.63. The van der Waals surface area contributed by atoms with E-state index in [-0.39, 0.29) is 12.2 Å². The lowest BCUT2D eigenvalue weighted by Gasteiger charge is -2.00.